The minimum Gasteiger partial charge on any atom is -0.455 e. The van der Waals surface area contributed by atoms with Gasteiger partial charge in [0.15, 0.2) is 0 Å². The van der Waals surface area contributed by atoms with E-state index in [1.54, 1.807) is 12.4 Å². The predicted octanol–water partition coefficient (Wildman–Crippen LogP) is 4.70. The van der Waals surface area contributed by atoms with Crippen LogP contribution < -0.4 is 10.1 Å². The van der Waals surface area contributed by atoms with Crippen LogP contribution in [-0.2, 0) is 4.79 Å². The molecule has 1 aromatic carbocycles. The average Bonchev–Trinajstić information content (AvgIpc) is 3.04. The van der Waals surface area contributed by atoms with Crippen molar-refractivity contribution in [1.29, 1.82) is 0 Å². The molecule has 4 heteroatoms. The van der Waals surface area contributed by atoms with Crippen LogP contribution in [0, 0.1) is 12.8 Å². The average molecular weight is 310 g/mol. The monoisotopic (exact) mass is 310 g/mol. The van der Waals surface area contributed by atoms with Gasteiger partial charge in [-0.15, -0.1) is 0 Å². The molecule has 0 unspecified atom stereocenters. The fraction of sp³-hybridized carbons (Fsp3) is 0.368. The van der Waals surface area contributed by atoms with Gasteiger partial charge in [0.05, 0.1) is 6.20 Å². The zero-order valence-corrected chi connectivity index (χ0v) is 13.4. The number of ether oxygens (including phenoxy) is 1. The number of aryl methyl sites for hydroxylation is 1. The number of benzene rings is 1. The molecule has 0 spiro atoms. The van der Waals surface area contributed by atoms with Gasteiger partial charge in [0.2, 0.25) is 5.91 Å². The van der Waals surface area contributed by atoms with Crippen LogP contribution in [0.1, 0.15) is 37.7 Å². The zero-order chi connectivity index (χ0) is 16.1. The van der Waals surface area contributed by atoms with Crippen molar-refractivity contribution >= 4 is 11.6 Å². The molecule has 0 aliphatic heterocycles. The molecule has 0 radical (unpaired) electrons. The number of hydrogen-bond donors (Lipinski definition) is 1. The van der Waals surface area contributed by atoms with E-state index in [0.29, 0.717) is 18.1 Å². The van der Waals surface area contributed by atoms with Crippen LogP contribution in [0.15, 0.2) is 42.7 Å². The number of carbonyl (C=O) groups is 1. The third-order valence-electron chi connectivity index (χ3n) is 4.27. The van der Waals surface area contributed by atoms with E-state index in [0.717, 1.165) is 17.0 Å². The maximum Gasteiger partial charge on any atom is 0.224 e. The SMILES string of the molecule is Cc1cc(NC(=O)CC2CCCC2)ccc1Oc1cccnc1. The van der Waals surface area contributed by atoms with E-state index in [1.165, 1.54) is 25.7 Å². The van der Waals surface area contributed by atoms with Gasteiger partial charge in [0.1, 0.15) is 11.5 Å². The summed E-state index contributed by atoms with van der Waals surface area (Å²) in [7, 11) is 0. The second-order valence-electron chi connectivity index (χ2n) is 6.17. The number of carbonyl (C=O) groups excluding carboxylic acids is 1. The number of hydrogen-bond acceptors (Lipinski definition) is 3. The molecule has 1 N–H and O–H groups in total. The lowest BCUT2D eigenvalue weighted by Crippen LogP contribution is -2.15. The summed E-state index contributed by atoms with van der Waals surface area (Å²) in [5.74, 6) is 2.14. The first-order chi connectivity index (χ1) is 11.2. The number of nitrogens with one attached hydrogen (secondary N) is 1. The Bertz CT molecular complexity index is 664. The van der Waals surface area contributed by atoms with E-state index < -0.39 is 0 Å². The first-order valence-corrected chi connectivity index (χ1v) is 8.19. The van der Waals surface area contributed by atoms with Crippen molar-refractivity contribution in [2.24, 2.45) is 5.92 Å². The normalized spacial score (nSPS) is 14.7. The van der Waals surface area contributed by atoms with E-state index in [2.05, 4.69) is 10.3 Å². The van der Waals surface area contributed by atoms with Crippen LogP contribution in [0.2, 0.25) is 0 Å². The lowest BCUT2D eigenvalue weighted by Gasteiger charge is -2.12. The largest absolute Gasteiger partial charge is 0.455 e. The number of pyridine rings is 1. The Morgan fingerprint density at radius 2 is 2.13 bits per heavy atom. The topological polar surface area (TPSA) is 51.2 Å². The quantitative estimate of drug-likeness (QED) is 0.870. The number of aromatic nitrogens is 1. The maximum atomic E-state index is 12.1. The van der Waals surface area contributed by atoms with Crippen LogP contribution >= 0.6 is 0 Å². The number of nitrogens with zero attached hydrogens (tertiary/aromatic N) is 1. The van der Waals surface area contributed by atoms with Gasteiger partial charge in [-0.25, -0.2) is 0 Å². The van der Waals surface area contributed by atoms with Crippen molar-refractivity contribution in [3.05, 3.63) is 48.3 Å². The molecule has 4 nitrogen and oxygen atoms in total. The van der Waals surface area contributed by atoms with Crippen LogP contribution in [0.5, 0.6) is 11.5 Å². The zero-order valence-electron chi connectivity index (χ0n) is 13.4. The van der Waals surface area contributed by atoms with Crippen molar-refractivity contribution in [2.45, 2.75) is 39.0 Å². The number of amides is 1. The molecule has 1 aliphatic rings. The lowest BCUT2D eigenvalue weighted by molar-refractivity contribution is -0.117. The summed E-state index contributed by atoms with van der Waals surface area (Å²) in [6.07, 6.45) is 8.91. The van der Waals surface area contributed by atoms with E-state index in [-0.39, 0.29) is 5.91 Å². The van der Waals surface area contributed by atoms with Crippen LogP contribution in [0.4, 0.5) is 5.69 Å². The first-order valence-electron chi connectivity index (χ1n) is 8.19. The highest BCUT2D eigenvalue weighted by Crippen LogP contribution is 2.29. The van der Waals surface area contributed by atoms with Gasteiger partial charge in [-0.05, 0) is 61.6 Å². The summed E-state index contributed by atoms with van der Waals surface area (Å²) in [5, 5.41) is 2.99. The summed E-state index contributed by atoms with van der Waals surface area (Å²) in [5.41, 5.74) is 1.80. The van der Waals surface area contributed by atoms with Crippen LogP contribution in [0.3, 0.4) is 0 Å². The summed E-state index contributed by atoms with van der Waals surface area (Å²) >= 11 is 0. The molecule has 1 heterocycles. The number of rotatable bonds is 5. The third kappa shape index (κ3) is 4.31. The molecule has 0 saturated heterocycles. The van der Waals surface area contributed by atoms with Gasteiger partial charge < -0.3 is 10.1 Å². The van der Waals surface area contributed by atoms with Gasteiger partial charge in [0, 0.05) is 18.3 Å². The van der Waals surface area contributed by atoms with E-state index in [1.807, 2.05) is 37.3 Å². The highest BCUT2D eigenvalue weighted by molar-refractivity contribution is 5.91. The lowest BCUT2D eigenvalue weighted by atomic mass is 10.0. The first kappa shape index (κ1) is 15.5. The standard InChI is InChI=1S/C19H22N2O2/c1-14-11-16(21-19(22)12-15-5-2-3-6-15)8-9-18(14)23-17-7-4-10-20-13-17/h4,7-11,13,15H,2-3,5-6,12H2,1H3,(H,21,22). The Morgan fingerprint density at radius 1 is 1.30 bits per heavy atom. The second kappa shape index (κ2) is 7.27. The van der Waals surface area contributed by atoms with Gasteiger partial charge in [-0.3, -0.25) is 9.78 Å². The second-order valence-corrected chi connectivity index (χ2v) is 6.17. The molecule has 3 rings (SSSR count). The van der Waals surface area contributed by atoms with E-state index in [9.17, 15) is 4.79 Å². The molecule has 1 aromatic heterocycles. The summed E-state index contributed by atoms with van der Waals surface area (Å²) < 4.78 is 5.80. The molecule has 1 aliphatic carbocycles. The van der Waals surface area contributed by atoms with E-state index >= 15 is 0 Å². The minimum atomic E-state index is 0.109. The van der Waals surface area contributed by atoms with E-state index in [4.69, 9.17) is 4.74 Å². The molecule has 120 valence electrons. The third-order valence-corrected chi connectivity index (χ3v) is 4.27. The highest BCUT2D eigenvalue weighted by Gasteiger charge is 2.18. The molecule has 2 aromatic rings. The molecular formula is C19H22N2O2. The van der Waals surface area contributed by atoms with Crippen molar-refractivity contribution in [3.63, 3.8) is 0 Å². The molecule has 1 amide bonds. The van der Waals surface area contributed by atoms with Gasteiger partial charge in [-0.2, -0.15) is 0 Å². The molecule has 0 atom stereocenters. The Hall–Kier alpha value is -2.36. The van der Waals surface area contributed by atoms with Crippen LogP contribution in [-0.4, -0.2) is 10.9 Å². The molecule has 0 bridgehead atoms. The molecule has 1 saturated carbocycles. The summed E-state index contributed by atoms with van der Waals surface area (Å²) in [6.45, 7) is 1.97. The summed E-state index contributed by atoms with van der Waals surface area (Å²) in [6, 6.07) is 9.41. The van der Waals surface area contributed by atoms with Crippen molar-refractivity contribution in [2.75, 3.05) is 5.32 Å². The Kier molecular flexibility index (Phi) is 4.91. The summed E-state index contributed by atoms with van der Waals surface area (Å²) in [4.78, 5) is 16.1. The van der Waals surface area contributed by atoms with Crippen molar-refractivity contribution in [3.8, 4) is 11.5 Å². The predicted molar refractivity (Wildman–Crippen MR) is 90.7 cm³/mol. The molecule has 1 fully saturated rings. The maximum absolute atomic E-state index is 12.1. The Morgan fingerprint density at radius 3 is 2.83 bits per heavy atom. The van der Waals surface area contributed by atoms with Gasteiger partial charge in [-0.1, -0.05) is 12.8 Å². The van der Waals surface area contributed by atoms with Crippen molar-refractivity contribution < 1.29 is 9.53 Å². The molecular weight excluding hydrogens is 288 g/mol. The smallest absolute Gasteiger partial charge is 0.224 e. The van der Waals surface area contributed by atoms with Crippen LogP contribution in [0.25, 0.3) is 0 Å². The highest BCUT2D eigenvalue weighted by atomic mass is 16.5. The Labute approximate surface area is 136 Å². The fourth-order valence-electron chi connectivity index (χ4n) is 3.06. The minimum absolute atomic E-state index is 0.109. The van der Waals surface area contributed by atoms with Crippen molar-refractivity contribution in [1.82, 2.24) is 4.98 Å². The Balaban J connectivity index is 1.61. The fourth-order valence-corrected chi connectivity index (χ4v) is 3.06. The van der Waals surface area contributed by atoms with Gasteiger partial charge >= 0.3 is 0 Å². The molecule has 23 heavy (non-hydrogen) atoms. The van der Waals surface area contributed by atoms with Gasteiger partial charge in [0.25, 0.3) is 0 Å². The number of anilines is 1.